The minimum absolute atomic E-state index is 0. The Kier molecular flexibility index (Phi) is 3.59. The summed E-state index contributed by atoms with van der Waals surface area (Å²) in [6, 6.07) is 16.1. The second-order valence-corrected chi connectivity index (χ2v) is 4.84. The van der Waals surface area contributed by atoms with Crippen molar-refractivity contribution in [3.63, 3.8) is 0 Å². The lowest BCUT2D eigenvalue weighted by atomic mass is 10.2. The molecule has 0 spiro atoms. The summed E-state index contributed by atoms with van der Waals surface area (Å²) in [5.74, 6) is -0.280. The molecule has 0 saturated heterocycles. The highest BCUT2D eigenvalue weighted by molar-refractivity contribution is 7.16. The summed E-state index contributed by atoms with van der Waals surface area (Å²) in [6.45, 7) is 0. The van der Waals surface area contributed by atoms with Gasteiger partial charge in [-0.25, -0.2) is 4.57 Å². The Labute approximate surface area is 112 Å². The number of fused-ring (bicyclic) bond motifs is 1. The van der Waals surface area contributed by atoms with E-state index in [9.17, 15) is 9.59 Å². The zero-order valence-corrected chi connectivity index (χ0v) is 10.7. The van der Waals surface area contributed by atoms with Gasteiger partial charge in [-0.3, -0.25) is 9.59 Å². The molecular weight excluding hydrogens is 262 g/mol. The lowest BCUT2D eigenvalue weighted by molar-refractivity contribution is 0.0962. The molecule has 5 heteroatoms. The van der Waals surface area contributed by atoms with Gasteiger partial charge in [0, 0.05) is 5.56 Å². The van der Waals surface area contributed by atoms with Crippen LogP contribution in [0.3, 0.4) is 0 Å². The molecule has 0 aliphatic carbocycles. The molecule has 1 heterocycles. The number of hydrogen-bond donors (Lipinski definition) is 0. The van der Waals surface area contributed by atoms with E-state index in [1.54, 1.807) is 30.3 Å². The Morgan fingerprint density at radius 3 is 2.32 bits per heavy atom. The minimum Gasteiger partial charge on any atom is -0.412 e. The smallest absolute Gasteiger partial charge is 0.315 e. The maximum Gasteiger partial charge on any atom is 0.315 e. The van der Waals surface area contributed by atoms with E-state index in [4.69, 9.17) is 0 Å². The van der Waals surface area contributed by atoms with Crippen molar-refractivity contribution in [1.82, 2.24) is 4.57 Å². The van der Waals surface area contributed by atoms with Gasteiger partial charge >= 0.3 is 4.87 Å². The molecule has 0 unspecified atom stereocenters. The number of hydrogen-bond acceptors (Lipinski definition) is 3. The van der Waals surface area contributed by atoms with Gasteiger partial charge in [-0.2, -0.15) is 0 Å². The van der Waals surface area contributed by atoms with Gasteiger partial charge in [0.25, 0.3) is 5.91 Å². The largest absolute Gasteiger partial charge is 0.412 e. The van der Waals surface area contributed by atoms with Crippen LogP contribution < -0.4 is 4.87 Å². The van der Waals surface area contributed by atoms with Gasteiger partial charge in [0.15, 0.2) is 0 Å². The SMILES string of the molecule is O.O=C(c1ccccc1)n1c(=O)sc2ccccc21. The van der Waals surface area contributed by atoms with Crippen LogP contribution in [0.4, 0.5) is 0 Å². The van der Waals surface area contributed by atoms with Crippen molar-refractivity contribution in [1.29, 1.82) is 0 Å². The molecule has 0 fully saturated rings. The van der Waals surface area contributed by atoms with Gasteiger partial charge in [0.1, 0.15) is 0 Å². The lowest BCUT2D eigenvalue weighted by Crippen LogP contribution is -2.22. The third-order valence-electron chi connectivity index (χ3n) is 2.71. The molecule has 2 N–H and O–H groups in total. The summed E-state index contributed by atoms with van der Waals surface area (Å²) in [5, 5.41) is 0. The summed E-state index contributed by atoms with van der Waals surface area (Å²) in [7, 11) is 0. The molecule has 19 heavy (non-hydrogen) atoms. The number of thiazole rings is 1. The van der Waals surface area contributed by atoms with Gasteiger partial charge in [-0.1, -0.05) is 41.7 Å². The molecule has 0 saturated carbocycles. The Morgan fingerprint density at radius 1 is 0.947 bits per heavy atom. The van der Waals surface area contributed by atoms with Crippen LogP contribution in [0.2, 0.25) is 0 Å². The number of para-hydroxylation sites is 1. The van der Waals surface area contributed by atoms with Crippen LogP contribution in [-0.2, 0) is 0 Å². The van der Waals surface area contributed by atoms with Crippen LogP contribution in [0, 0.1) is 0 Å². The molecule has 0 aliphatic rings. The second-order valence-electron chi connectivity index (χ2n) is 3.84. The summed E-state index contributed by atoms with van der Waals surface area (Å²) < 4.78 is 2.06. The first-order valence-corrected chi connectivity index (χ1v) is 6.29. The number of carbonyl (C=O) groups is 1. The molecular formula is C14H11NO3S. The molecule has 3 rings (SSSR count). The molecule has 3 aromatic rings. The quantitative estimate of drug-likeness (QED) is 0.679. The van der Waals surface area contributed by atoms with Gasteiger partial charge in [-0.05, 0) is 24.3 Å². The number of nitrogens with zero attached hydrogens (tertiary/aromatic N) is 1. The van der Waals surface area contributed by atoms with Crippen LogP contribution in [-0.4, -0.2) is 16.0 Å². The van der Waals surface area contributed by atoms with E-state index in [-0.39, 0.29) is 16.3 Å². The highest BCUT2D eigenvalue weighted by Gasteiger charge is 2.15. The molecule has 0 bridgehead atoms. The fourth-order valence-electron chi connectivity index (χ4n) is 1.87. The van der Waals surface area contributed by atoms with Crippen molar-refractivity contribution in [2.24, 2.45) is 0 Å². The molecule has 1 aromatic heterocycles. The maximum atomic E-state index is 12.3. The van der Waals surface area contributed by atoms with E-state index in [1.807, 2.05) is 24.3 Å². The Hall–Kier alpha value is -2.24. The fraction of sp³-hybridized carbons (Fsp3) is 0. The van der Waals surface area contributed by atoms with Gasteiger partial charge < -0.3 is 5.48 Å². The zero-order valence-electron chi connectivity index (χ0n) is 9.87. The Balaban J connectivity index is 0.00000133. The summed E-state index contributed by atoms with van der Waals surface area (Å²) in [5.41, 5.74) is 1.18. The molecule has 2 aromatic carbocycles. The highest BCUT2D eigenvalue weighted by Crippen LogP contribution is 2.17. The minimum atomic E-state index is -0.280. The van der Waals surface area contributed by atoms with E-state index in [1.165, 1.54) is 4.57 Å². The van der Waals surface area contributed by atoms with Crippen LogP contribution >= 0.6 is 11.3 Å². The van der Waals surface area contributed by atoms with E-state index in [0.29, 0.717) is 11.1 Å². The molecule has 0 aliphatic heterocycles. The maximum absolute atomic E-state index is 12.3. The van der Waals surface area contributed by atoms with Crippen LogP contribution in [0.5, 0.6) is 0 Å². The van der Waals surface area contributed by atoms with E-state index >= 15 is 0 Å². The third-order valence-corrected chi connectivity index (χ3v) is 3.63. The van der Waals surface area contributed by atoms with Crippen molar-refractivity contribution < 1.29 is 10.3 Å². The van der Waals surface area contributed by atoms with Crippen molar-refractivity contribution >= 4 is 27.5 Å². The highest BCUT2D eigenvalue weighted by atomic mass is 32.1. The number of benzene rings is 2. The van der Waals surface area contributed by atoms with E-state index in [0.717, 1.165) is 16.0 Å². The van der Waals surface area contributed by atoms with E-state index < -0.39 is 0 Å². The second kappa shape index (κ2) is 5.17. The number of rotatable bonds is 1. The third kappa shape index (κ3) is 2.21. The molecule has 96 valence electrons. The topological polar surface area (TPSA) is 70.6 Å². The lowest BCUT2D eigenvalue weighted by Gasteiger charge is -2.01. The molecule has 0 amide bonds. The van der Waals surface area contributed by atoms with Crippen molar-refractivity contribution in [3.8, 4) is 0 Å². The predicted molar refractivity (Wildman–Crippen MR) is 75.9 cm³/mol. The average Bonchev–Trinajstić information content (AvgIpc) is 2.75. The summed E-state index contributed by atoms with van der Waals surface area (Å²) in [6.07, 6.45) is 0. The van der Waals surface area contributed by atoms with Gasteiger partial charge in [0.2, 0.25) is 0 Å². The standard InChI is InChI=1S/C14H9NO2S.H2O/c16-13(10-6-2-1-3-7-10)15-11-8-4-5-9-12(11)18-14(15)17;/h1-9H;1H2. The van der Waals surface area contributed by atoms with Crippen molar-refractivity contribution in [3.05, 3.63) is 69.8 Å². The van der Waals surface area contributed by atoms with Gasteiger partial charge in [-0.15, -0.1) is 0 Å². The summed E-state index contributed by atoms with van der Waals surface area (Å²) >= 11 is 1.09. The predicted octanol–water partition coefficient (Wildman–Crippen LogP) is 1.93. The first-order valence-electron chi connectivity index (χ1n) is 5.48. The van der Waals surface area contributed by atoms with E-state index in [2.05, 4.69) is 0 Å². The normalized spacial score (nSPS) is 10.1. The van der Waals surface area contributed by atoms with Gasteiger partial charge in [0.05, 0.1) is 10.2 Å². The van der Waals surface area contributed by atoms with Crippen LogP contribution in [0.25, 0.3) is 10.2 Å². The first-order chi connectivity index (χ1) is 8.77. The molecule has 4 nitrogen and oxygen atoms in total. The van der Waals surface area contributed by atoms with Crippen LogP contribution in [0.15, 0.2) is 59.4 Å². The summed E-state index contributed by atoms with van der Waals surface area (Å²) in [4.78, 5) is 24.0. The number of aromatic nitrogens is 1. The van der Waals surface area contributed by atoms with Crippen molar-refractivity contribution in [2.75, 3.05) is 0 Å². The van der Waals surface area contributed by atoms with Crippen LogP contribution in [0.1, 0.15) is 10.4 Å². The fourth-order valence-corrected chi connectivity index (χ4v) is 2.74. The van der Waals surface area contributed by atoms with Crippen molar-refractivity contribution in [2.45, 2.75) is 0 Å². The molecule has 0 radical (unpaired) electrons. The number of carbonyl (C=O) groups excluding carboxylic acids is 1. The average molecular weight is 273 g/mol. The Bertz CT molecular complexity index is 774. The zero-order chi connectivity index (χ0) is 12.5. The Morgan fingerprint density at radius 2 is 1.58 bits per heavy atom. The first kappa shape index (κ1) is 13.2. The molecule has 0 atom stereocenters. The monoisotopic (exact) mass is 273 g/mol.